The van der Waals surface area contributed by atoms with Gasteiger partial charge < -0.3 is 5.32 Å². The summed E-state index contributed by atoms with van der Waals surface area (Å²) in [7, 11) is 0. The molecule has 0 unspecified atom stereocenters. The Morgan fingerprint density at radius 3 is 2.57 bits per heavy atom. The van der Waals surface area contributed by atoms with Gasteiger partial charge in [-0.15, -0.1) is 0 Å². The van der Waals surface area contributed by atoms with Crippen LogP contribution < -0.4 is 10.9 Å². The number of nitrogens with one attached hydrogen (secondary N) is 1. The molecule has 0 saturated carbocycles. The zero-order chi connectivity index (χ0) is 20.1. The highest BCUT2D eigenvalue weighted by atomic mass is 16.6. The summed E-state index contributed by atoms with van der Waals surface area (Å²) in [5.74, 6) is -0.393. The number of nitrogens with zero attached hydrogens (tertiary/aromatic N) is 3. The Kier molecular flexibility index (Phi) is 5.59. The second-order valence-corrected chi connectivity index (χ2v) is 6.12. The number of carbonyl (C=O) groups is 1. The summed E-state index contributed by atoms with van der Waals surface area (Å²) in [6, 6.07) is 16.1. The van der Waals surface area contributed by atoms with Crippen molar-refractivity contribution in [1.82, 2.24) is 9.78 Å². The van der Waals surface area contributed by atoms with E-state index in [-0.39, 0.29) is 12.2 Å². The van der Waals surface area contributed by atoms with Crippen LogP contribution in [0.4, 0.5) is 11.4 Å². The molecule has 0 fully saturated rings. The average molecular weight is 378 g/mol. The lowest BCUT2D eigenvalue weighted by Crippen LogP contribution is -2.29. The summed E-state index contributed by atoms with van der Waals surface area (Å²) in [4.78, 5) is 34.8. The van der Waals surface area contributed by atoms with Crippen LogP contribution in [-0.4, -0.2) is 20.6 Å². The van der Waals surface area contributed by atoms with Crippen LogP contribution >= 0.6 is 0 Å². The van der Waals surface area contributed by atoms with Gasteiger partial charge in [0.15, 0.2) is 0 Å². The topological polar surface area (TPSA) is 107 Å². The van der Waals surface area contributed by atoms with Crippen molar-refractivity contribution in [3.05, 3.63) is 86.7 Å². The number of hydrogen-bond donors (Lipinski definition) is 1. The number of rotatable bonds is 6. The summed E-state index contributed by atoms with van der Waals surface area (Å²) < 4.78 is 1.03. The van der Waals surface area contributed by atoms with Crippen LogP contribution in [-0.2, 0) is 17.8 Å². The fraction of sp³-hybridized carbons (Fsp3) is 0.150. The minimum absolute atomic E-state index is 0.0784. The van der Waals surface area contributed by atoms with Crippen LogP contribution in [0.1, 0.15) is 12.5 Å². The number of hydrogen-bond acceptors (Lipinski definition) is 5. The molecule has 1 aromatic heterocycles. The monoisotopic (exact) mass is 378 g/mol. The molecule has 8 heteroatoms. The SMILES string of the molecule is CCc1ccc(NC(=O)Cn2nc(-c3cccc([N+](=O)[O-])c3)ccc2=O)cc1. The van der Waals surface area contributed by atoms with Gasteiger partial charge in [0.1, 0.15) is 6.54 Å². The predicted molar refractivity (Wildman–Crippen MR) is 105 cm³/mol. The Morgan fingerprint density at radius 1 is 1.14 bits per heavy atom. The second-order valence-electron chi connectivity index (χ2n) is 6.12. The molecule has 142 valence electrons. The first-order chi connectivity index (χ1) is 13.5. The molecule has 1 amide bonds. The van der Waals surface area contributed by atoms with Gasteiger partial charge in [-0.05, 0) is 30.2 Å². The summed E-state index contributed by atoms with van der Waals surface area (Å²) >= 11 is 0. The van der Waals surface area contributed by atoms with Crippen LogP contribution in [0, 0.1) is 10.1 Å². The maximum atomic E-state index is 12.3. The maximum absolute atomic E-state index is 12.3. The quantitative estimate of drug-likeness (QED) is 0.524. The van der Waals surface area contributed by atoms with Gasteiger partial charge in [-0.25, -0.2) is 4.68 Å². The van der Waals surface area contributed by atoms with Crippen LogP contribution in [0.25, 0.3) is 11.3 Å². The van der Waals surface area contributed by atoms with Crippen LogP contribution in [0.2, 0.25) is 0 Å². The van der Waals surface area contributed by atoms with E-state index in [4.69, 9.17) is 0 Å². The number of anilines is 1. The van der Waals surface area contributed by atoms with E-state index < -0.39 is 16.4 Å². The van der Waals surface area contributed by atoms with Crippen LogP contribution in [0.15, 0.2) is 65.5 Å². The highest BCUT2D eigenvalue weighted by Gasteiger charge is 2.11. The molecule has 0 aliphatic carbocycles. The van der Waals surface area contributed by atoms with E-state index in [1.54, 1.807) is 18.2 Å². The molecule has 0 radical (unpaired) electrons. The van der Waals surface area contributed by atoms with E-state index in [9.17, 15) is 19.7 Å². The van der Waals surface area contributed by atoms with Gasteiger partial charge in [0.05, 0.1) is 10.6 Å². The maximum Gasteiger partial charge on any atom is 0.270 e. The third-order valence-electron chi connectivity index (χ3n) is 4.16. The normalized spacial score (nSPS) is 10.5. The molecule has 3 rings (SSSR count). The lowest BCUT2D eigenvalue weighted by Gasteiger charge is -2.09. The molecule has 0 aliphatic rings. The number of carbonyl (C=O) groups excluding carboxylic acids is 1. The van der Waals surface area contributed by atoms with Gasteiger partial charge in [0.2, 0.25) is 5.91 Å². The fourth-order valence-corrected chi connectivity index (χ4v) is 2.66. The number of nitro groups is 1. The Bertz CT molecular complexity index is 1070. The van der Waals surface area contributed by atoms with Crippen molar-refractivity contribution in [3.63, 3.8) is 0 Å². The highest BCUT2D eigenvalue weighted by molar-refractivity contribution is 5.90. The van der Waals surface area contributed by atoms with Gasteiger partial charge in [0, 0.05) is 29.4 Å². The third-order valence-corrected chi connectivity index (χ3v) is 4.16. The van der Waals surface area contributed by atoms with E-state index in [1.165, 1.54) is 30.3 Å². The van der Waals surface area contributed by atoms with Crippen molar-refractivity contribution >= 4 is 17.3 Å². The molecule has 1 heterocycles. The number of nitro benzene ring substituents is 1. The minimum atomic E-state index is -0.503. The first kappa shape index (κ1) is 19.0. The van der Waals surface area contributed by atoms with E-state index in [1.807, 2.05) is 19.1 Å². The molecule has 0 bridgehead atoms. The Morgan fingerprint density at radius 2 is 1.89 bits per heavy atom. The lowest BCUT2D eigenvalue weighted by molar-refractivity contribution is -0.384. The van der Waals surface area contributed by atoms with Crippen molar-refractivity contribution in [2.75, 3.05) is 5.32 Å². The lowest BCUT2D eigenvalue weighted by atomic mass is 10.1. The Balaban J connectivity index is 1.79. The molecule has 3 aromatic rings. The van der Waals surface area contributed by atoms with E-state index in [0.29, 0.717) is 16.9 Å². The average Bonchev–Trinajstić information content (AvgIpc) is 2.70. The first-order valence-corrected chi connectivity index (χ1v) is 8.68. The van der Waals surface area contributed by atoms with Crippen LogP contribution in [0.3, 0.4) is 0 Å². The van der Waals surface area contributed by atoms with Gasteiger partial charge >= 0.3 is 0 Å². The number of non-ortho nitro benzene ring substituents is 1. The molecule has 28 heavy (non-hydrogen) atoms. The summed E-state index contributed by atoms with van der Waals surface area (Å²) in [5.41, 5.74) is 2.11. The molecule has 0 atom stereocenters. The Labute approximate surface area is 160 Å². The smallest absolute Gasteiger partial charge is 0.270 e. The molecule has 0 saturated heterocycles. The highest BCUT2D eigenvalue weighted by Crippen LogP contribution is 2.21. The van der Waals surface area contributed by atoms with Crippen molar-refractivity contribution in [1.29, 1.82) is 0 Å². The summed E-state index contributed by atoms with van der Waals surface area (Å²) in [5, 5.41) is 17.8. The number of benzene rings is 2. The minimum Gasteiger partial charge on any atom is -0.324 e. The zero-order valence-electron chi connectivity index (χ0n) is 15.2. The molecule has 1 N–H and O–H groups in total. The number of aryl methyl sites for hydroxylation is 1. The van der Waals surface area contributed by atoms with E-state index in [2.05, 4.69) is 10.4 Å². The molecular formula is C20H18N4O4. The molecule has 2 aromatic carbocycles. The Hall–Kier alpha value is -3.81. The molecule has 0 spiro atoms. The molecule has 0 aliphatic heterocycles. The summed E-state index contributed by atoms with van der Waals surface area (Å²) in [6.07, 6.45) is 0.901. The molecular weight excluding hydrogens is 360 g/mol. The van der Waals surface area contributed by atoms with E-state index >= 15 is 0 Å². The predicted octanol–water partition coefficient (Wildman–Crippen LogP) is 3.02. The van der Waals surface area contributed by atoms with Gasteiger partial charge in [-0.1, -0.05) is 31.2 Å². The largest absolute Gasteiger partial charge is 0.324 e. The van der Waals surface area contributed by atoms with Gasteiger partial charge in [-0.3, -0.25) is 19.7 Å². The van der Waals surface area contributed by atoms with Crippen LogP contribution in [0.5, 0.6) is 0 Å². The van der Waals surface area contributed by atoms with Crippen molar-refractivity contribution in [3.8, 4) is 11.3 Å². The molecule has 8 nitrogen and oxygen atoms in total. The standard InChI is InChI=1S/C20H18N4O4/c1-2-14-6-8-16(9-7-14)21-19(25)13-23-20(26)11-10-18(22-23)15-4-3-5-17(12-15)24(27)28/h3-12H,2,13H2,1H3,(H,21,25). The fourth-order valence-electron chi connectivity index (χ4n) is 2.66. The van der Waals surface area contributed by atoms with Crippen molar-refractivity contribution < 1.29 is 9.72 Å². The number of aromatic nitrogens is 2. The zero-order valence-corrected chi connectivity index (χ0v) is 15.2. The second kappa shape index (κ2) is 8.26. The van der Waals surface area contributed by atoms with Crippen molar-refractivity contribution in [2.24, 2.45) is 0 Å². The van der Waals surface area contributed by atoms with E-state index in [0.717, 1.165) is 16.7 Å². The summed E-state index contributed by atoms with van der Waals surface area (Å²) in [6.45, 7) is 1.77. The third kappa shape index (κ3) is 4.47. The number of amides is 1. The van der Waals surface area contributed by atoms with Gasteiger partial charge in [-0.2, -0.15) is 5.10 Å². The van der Waals surface area contributed by atoms with Crippen molar-refractivity contribution in [2.45, 2.75) is 19.9 Å². The van der Waals surface area contributed by atoms with Gasteiger partial charge in [0.25, 0.3) is 11.2 Å². The first-order valence-electron chi connectivity index (χ1n) is 8.68.